The maximum absolute atomic E-state index is 13.6. The summed E-state index contributed by atoms with van der Waals surface area (Å²) in [6.07, 6.45) is 2.21. The highest BCUT2D eigenvalue weighted by Crippen LogP contribution is 2.53. The third kappa shape index (κ3) is 7.89. The second-order valence-corrected chi connectivity index (χ2v) is 10.8. The van der Waals surface area contributed by atoms with Gasteiger partial charge >= 0.3 is 7.82 Å². The van der Waals surface area contributed by atoms with E-state index in [1.54, 1.807) is 13.8 Å². The molecule has 0 heterocycles. The average molecular weight is 555 g/mol. The fourth-order valence-corrected chi connectivity index (χ4v) is 5.91. The number of hydrogen-bond acceptors (Lipinski definition) is 5. The number of phosphoric ester groups is 1. The molecule has 0 aliphatic heterocycles. The molecule has 0 amide bonds. The molecule has 5 nitrogen and oxygen atoms in total. The van der Waals surface area contributed by atoms with Gasteiger partial charge in [0, 0.05) is 29.4 Å². The van der Waals surface area contributed by atoms with E-state index in [9.17, 15) is 9.36 Å². The van der Waals surface area contributed by atoms with Gasteiger partial charge in [-0.25, -0.2) is 4.57 Å². The van der Waals surface area contributed by atoms with Crippen molar-refractivity contribution in [2.75, 3.05) is 13.2 Å². The Morgan fingerprint density at radius 3 is 1.62 bits per heavy atom. The van der Waals surface area contributed by atoms with Crippen LogP contribution in [0.5, 0.6) is 0 Å². The molecule has 4 aromatic carbocycles. The molecule has 0 saturated carbocycles. The number of benzene rings is 4. The molecule has 6 heteroatoms. The Morgan fingerprint density at radius 2 is 1.12 bits per heavy atom. The largest absolute Gasteiger partial charge is 0.530 e. The lowest BCUT2D eigenvalue weighted by Crippen LogP contribution is -2.16. The molecule has 2 unspecified atom stereocenters. The molecule has 4 rings (SSSR count). The summed E-state index contributed by atoms with van der Waals surface area (Å²) in [4.78, 5) is 13.6. The lowest BCUT2D eigenvalue weighted by atomic mass is 9.77. The summed E-state index contributed by atoms with van der Waals surface area (Å²) in [5, 5.41) is 0. The number of carbonyl (C=O) groups excluding carboxylic acids is 1. The van der Waals surface area contributed by atoms with Gasteiger partial charge in [0.05, 0.1) is 13.2 Å². The fourth-order valence-electron chi connectivity index (χ4n) is 4.69. The van der Waals surface area contributed by atoms with Gasteiger partial charge < -0.3 is 4.52 Å². The van der Waals surface area contributed by atoms with Crippen LogP contribution in [0.2, 0.25) is 0 Å². The molecule has 0 saturated heterocycles. The molecular formula is C34H35O5P. The molecule has 0 N–H and O–H groups in total. The highest BCUT2D eigenvalue weighted by Gasteiger charge is 2.32. The summed E-state index contributed by atoms with van der Waals surface area (Å²) < 4.78 is 30.7. The molecule has 0 aliphatic carbocycles. The number of phosphoric acid groups is 1. The van der Waals surface area contributed by atoms with Gasteiger partial charge in [-0.05, 0) is 31.1 Å². The molecule has 0 fully saturated rings. The van der Waals surface area contributed by atoms with Crippen molar-refractivity contribution in [2.24, 2.45) is 0 Å². The smallest absolute Gasteiger partial charge is 0.404 e. The predicted molar refractivity (Wildman–Crippen MR) is 160 cm³/mol. The predicted octanol–water partition coefficient (Wildman–Crippen LogP) is 9.07. The van der Waals surface area contributed by atoms with Gasteiger partial charge in [0.1, 0.15) is 5.76 Å². The van der Waals surface area contributed by atoms with Crippen molar-refractivity contribution in [1.29, 1.82) is 0 Å². The minimum absolute atomic E-state index is 0.0419. The van der Waals surface area contributed by atoms with E-state index in [1.165, 1.54) is 0 Å². The topological polar surface area (TPSA) is 61.8 Å². The van der Waals surface area contributed by atoms with Crippen molar-refractivity contribution in [3.63, 3.8) is 0 Å². The molecule has 0 aromatic heterocycles. The van der Waals surface area contributed by atoms with Crippen LogP contribution < -0.4 is 0 Å². The first kappa shape index (κ1) is 29.2. The van der Waals surface area contributed by atoms with E-state index < -0.39 is 7.82 Å². The lowest BCUT2D eigenvalue weighted by Gasteiger charge is -2.27. The number of ketones is 1. The number of rotatable bonds is 14. The maximum Gasteiger partial charge on any atom is 0.530 e. The van der Waals surface area contributed by atoms with Crippen LogP contribution in [-0.2, 0) is 18.1 Å². The third-order valence-electron chi connectivity index (χ3n) is 6.52. The van der Waals surface area contributed by atoms with Crippen LogP contribution in [-0.4, -0.2) is 19.0 Å². The monoisotopic (exact) mass is 554 g/mol. The third-order valence-corrected chi connectivity index (χ3v) is 8.09. The van der Waals surface area contributed by atoms with Gasteiger partial charge in [-0.1, -0.05) is 121 Å². The zero-order valence-corrected chi connectivity index (χ0v) is 23.8. The Kier molecular flexibility index (Phi) is 10.7. The number of carbonyl (C=O) groups is 1. The molecule has 0 radical (unpaired) electrons. The zero-order valence-electron chi connectivity index (χ0n) is 22.9. The van der Waals surface area contributed by atoms with Crippen LogP contribution in [0.1, 0.15) is 59.2 Å². The second-order valence-electron chi connectivity index (χ2n) is 9.22. The molecule has 0 spiro atoms. The molecule has 0 aliphatic rings. The Morgan fingerprint density at radius 1 is 0.675 bits per heavy atom. The molecule has 206 valence electrons. The summed E-state index contributed by atoms with van der Waals surface area (Å²) in [5.41, 5.74) is 3.40. The summed E-state index contributed by atoms with van der Waals surface area (Å²) in [6.45, 7) is 3.82. The van der Waals surface area contributed by atoms with Crippen molar-refractivity contribution in [3.05, 3.63) is 150 Å². The van der Waals surface area contributed by atoms with Crippen LogP contribution in [0.15, 0.2) is 127 Å². The van der Waals surface area contributed by atoms with Gasteiger partial charge in [-0.15, -0.1) is 0 Å². The van der Waals surface area contributed by atoms with Gasteiger partial charge in [0.2, 0.25) is 0 Å². The van der Waals surface area contributed by atoms with Gasteiger partial charge in [-0.2, -0.15) is 0 Å². The summed E-state index contributed by atoms with van der Waals surface area (Å²) in [5.74, 6) is -0.131. The van der Waals surface area contributed by atoms with Crippen molar-refractivity contribution in [3.8, 4) is 0 Å². The molecule has 40 heavy (non-hydrogen) atoms. The Balaban J connectivity index is 1.87. The normalized spacial score (nSPS) is 13.4. The SMILES string of the molecule is CCOP(=O)(OCC)O/C(=C\C(c1ccccc1)C(CC(=O)c1ccccc1)c1ccccc1)c1ccccc1. The van der Waals surface area contributed by atoms with E-state index in [0.717, 1.165) is 16.7 Å². The summed E-state index contributed by atoms with van der Waals surface area (Å²) >= 11 is 0. The highest BCUT2D eigenvalue weighted by molar-refractivity contribution is 7.48. The van der Waals surface area contributed by atoms with Gasteiger partial charge in [-0.3, -0.25) is 13.8 Å². The van der Waals surface area contributed by atoms with E-state index in [0.29, 0.717) is 11.3 Å². The first-order valence-electron chi connectivity index (χ1n) is 13.6. The van der Waals surface area contributed by atoms with E-state index in [-0.39, 0.29) is 37.3 Å². The Hall–Kier alpha value is -3.76. The number of Topliss-reactive ketones (excluding diaryl/α,β-unsaturated/α-hetero) is 1. The van der Waals surface area contributed by atoms with Crippen LogP contribution in [0.3, 0.4) is 0 Å². The maximum atomic E-state index is 13.6. The van der Waals surface area contributed by atoms with Crippen molar-refractivity contribution in [2.45, 2.75) is 32.1 Å². The standard InChI is InChI=1S/C34H35O5P/c1-3-37-40(36,38-4-2)39-34(30-23-15-8-16-24-30)26-32(28-19-11-6-12-20-28)31(27-17-9-5-10-18-27)25-33(35)29-21-13-7-14-22-29/h5-24,26,31-32H,3-4,25H2,1-2H3/b34-26-. The van der Waals surface area contributed by atoms with Crippen LogP contribution >= 0.6 is 7.82 Å². The van der Waals surface area contributed by atoms with Crippen LogP contribution in [0.25, 0.3) is 5.76 Å². The van der Waals surface area contributed by atoms with Crippen molar-refractivity contribution in [1.82, 2.24) is 0 Å². The van der Waals surface area contributed by atoms with E-state index in [2.05, 4.69) is 0 Å². The first-order chi connectivity index (χ1) is 19.5. The van der Waals surface area contributed by atoms with Crippen molar-refractivity contribution >= 4 is 19.4 Å². The fraction of sp³-hybridized carbons (Fsp3) is 0.206. The van der Waals surface area contributed by atoms with E-state index in [1.807, 2.05) is 127 Å². The molecule has 2 atom stereocenters. The minimum Gasteiger partial charge on any atom is -0.404 e. The second kappa shape index (κ2) is 14.6. The highest BCUT2D eigenvalue weighted by atomic mass is 31.2. The molecule has 4 aromatic rings. The minimum atomic E-state index is -3.90. The zero-order chi connectivity index (χ0) is 28.2. The number of hydrogen-bond donors (Lipinski definition) is 0. The quantitative estimate of drug-likeness (QED) is 0.0884. The van der Waals surface area contributed by atoms with Gasteiger partial charge in [0.25, 0.3) is 0 Å². The van der Waals surface area contributed by atoms with E-state index >= 15 is 0 Å². The van der Waals surface area contributed by atoms with Crippen LogP contribution in [0.4, 0.5) is 0 Å². The Labute approximate surface area is 237 Å². The first-order valence-corrected chi connectivity index (χ1v) is 15.0. The summed E-state index contributed by atoms with van der Waals surface area (Å²) in [6, 6.07) is 38.8. The summed E-state index contributed by atoms with van der Waals surface area (Å²) in [7, 11) is -3.90. The average Bonchev–Trinajstić information content (AvgIpc) is 3.00. The molecule has 0 bridgehead atoms. The Bertz CT molecular complexity index is 1400. The van der Waals surface area contributed by atoms with Crippen LogP contribution in [0, 0.1) is 0 Å². The van der Waals surface area contributed by atoms with Gasteiger partial charge in [0.15, 0.2) is 5.78 Å². The van der Waals surface area contributed by atoms with Crippen molar-refractivity contribution < 1.29 is 22.9 Å². The number of allylic oxidation sites excluding steroid dienone is 1. The van der Waals surface area contributed by atoms with E-state index in [4.69, 9.17) is 13.6 Å². The lowest BCUT2D eigenvalue weighted by molar-refractivity contribution is 0.0971. The molecular weight excluding hydrogens is 519 g/mol.